The van der Waals surface area contributed by atoms with E-state index in [1.165, 1.54) is 0 Å². The molecule has 0 radical (unpaired) electrons. The Balaban J connectivity index is 1.29. The van der Waals surface area contributed by atoms with Crippen molar-refractivity contribution in [2.24, 2.45) is 0 Å². The largest absolute Gasteiger partial charge is 0.490 e. The number of carbonyl (C=O) groups is 3. The first-order valence-corrected chi connectivity index (χ1v) is 13.4. The highest BCUT2D eigenvalue weighted by atomic mass is 32.1. The van der Waals surface area contributed by atoms with E-state index in [-0.39, 0.29) is 23.5 Å². The molecule has 1 atom stereocenters. The number of hydrogen-bond acceptors (Lipinski definition) is 7. The van der Waals surface area contributed by atoms with E-state index < -0.39 is 17.9 Å². The Bertz CT molecular complexity index is 1120. The van der Waals surface area contributed by atoms with Gasteiger partial charge in [0.05, 0.1) is 6.42 Å². The first-order chi connectivity index (χ1) is 18.5. The third-order valence-corrected chi connectivity index (χ3v) is 6.82. The summed E-state index contributed by atoms with van der Waals surface area (Å²) in [5.41, 5.74) is 0.351. The van der Waals surface area contributed by atoms with Gasteiger partial charge >= 0.3 is 5.97 Å². The molecule has 2 fully saturated rings. The Morgan fingerprint density at radius 3 is 2.45 bits per heavy atom. The predicted molar refractivity (Wildman–Crippen MR) is 145 cm³/mol. The van der Waals surface area contributed by atoms with Crippen molar-refractivity contribution in [3.05, 3.63) is 60.2 Å². The van der Waals surface area contributed by atoms with Crippen LogP contribution in [-0.2, 0) is 14.3 Å². The quantitative estimate of drug-likeness (QED) is 0.284. The summed E-state index contributed by atoms with van der Waals surface area (Å²) < 4.78 is 16.9. The molecule has 1 heterocycles. The molecule has 2 aromatic carbocycles. The molecule has 202 valence electrons. The molecule has 1 saturated carbocycles. The van der Waals surface area contributed by atoms with Crippen molar-refractivity contribution >= 4 is 35.1 Å². The summed E-state index contributed by atoms with van der Waals surface area (Å²) in [6.45, 7) is 1.39. The lowest BCUT2D eigenvalue weighted by Gasteiger charge is -2.36. The minimum absolute atomic E-state index is 0.0860. The second-order valence-corrected chi connectivity index (χ2v) is 9.64. The molecule has 2 aliphatic rings. The smallest absolute Gasteiger partial charge is 0.308 e. The summed E-state index contributed by atoms with van der Waals surface area (Å²) in [5.74, 6) is 0.0850. The number of nitrogens with one attached hydrogen (secondary N) is 2. The van der Waals surface area contributed by atoms with Crippen LogP contribution < -0.4 is 20.1 Å². The number of rotatable bonds is 9. The second-order valence-electron chi connectivity index (χ2n) is 9.25. The fraction of sp³-hybridized carbons (Fsp3) is 0.429. The number of thiocarbonyl (C=S) groups is 1. The average Bonchev–Trinajstić information content (AvgIpc) is 2.93. The van der Waals surface area contributed by atoms with Crippen molar-refractivity contribution < 1.29 is 28.6 Å². The lowest BCUT2D eigenvalue weighted by atomic mass is 9.98. The zero-order valence-electron chi connectivity index (χ0n) is 21.2. The maximum Gasteiger partial charge on any atom is 0.308 e. The molecule has 1 aliphatic heterocycles. The van der Waals surface area contributed by atoms with Crippen LogP contribution in [0.2, 0.25) is 0 Å². The minimum Gasteiger partial charge on any atom is -0.490 e. The molecule has 0 bridgehead atoms. The lowest BCUT2D eigenvalue weighted by molar-refractivity contribution is -0.153. The highest BCUT2D eigenvalue weighted by Gasteiger charge is 2.35. The third kappa shape index (κ3) is 7.92. The molecule has 2 amide bonds. The number of benzene rings is 2. The number of piperazine rings is 1. The first-order valence-electron chi connectivity index (χ1n) is 13.0. The van der Waals surface area contributed by atoms with Crippen molar-refractivity contribution in [3.8, 4) is 11.5 Å². The van der Waals surface area contributed by atoms with Gasteiger partial charge < -0.3 is 24.4 Å². The number of ether oxygens (including phenoxy) is 3. The molecule has 0 aromatic heterocycles. The standard InChI is InChI=1S/C28H33N3O6S/c32-25(37-22-11-5-2-6-12-22)19-24-27(34)29-14-15-31(24)28(38)30-26(33)20-8-7-13-23(18-20)36-17-16-35-21-9-3-1-4-10-21/h1,3-4,7-10,13,18,22,24H,2,5-6,11-12,14-17,19H2,(H,29,34)(H,30,33,38). The lowest BCUT2D eigenvalue weighted by Crippen LogP contribution is -2.60. The van der Waals surface area contributed by atoms with Gasteiger partial charge in [0.15, 0.2) is 5.11 Å². The molecule has 0 spiro atoms. The first kappa shape index (κ1) is 27.4. The van der Waals surface area contributed by atoms with Crippen LogP contribution in [0.3, 0.4) is 0 Å². The zero-order valence-corrected chi connectivity index (χ0v) is 22.0. The molecule has 38 heavy (non-hydrogen) atoms. The van der Waals surface area contributed by atoms with Crippen LogP contribution in [-0.4, -0.2) is 66.2 Å². The maximum atomic E-state index is 12.9. The van der Waals surface area contributed by atoms with E-state index in [1.807, 2.05) is 30.3 Å². The van der Waals surface area contributed by atoms with Crippen molar-refractivity contribution in [2.75, 3.05) is 26.3 Å². The third-order valence-electron chi connectivity index (χ3n) is 6.48. The van der Waals surface area contributed by atoms with E-state index in [2.05, 4.69) is 10.6 Å². The van der Waals surface area contributed by atoms with E-state index in [0.717, 1.165) is 37.9 Å². The zero-order chi connectivity index (χ0) is 26.7. The normalized spacial score (nSPS) is 17.7. The molecule has 10 heteroatoms. The van der Waals surface area contributed by atoms with Crippen LogP contribution in [0.1, 0.15) is 48.9 Å². The average molecular weight is 540 g/mol. The Morgan fingerprint density at radius 2 is 1.68 bits per heavy atom. The SMILES string of the molecule is O=C(CC1C(=O)NCCN1C(=S)NC(=O)c1cccc(OCCOc2ccccc2)c1)OC1CCCCC1. The van der Waals surface area contributed by atoms with Gasteiger partial charge in [-0.2, -0.15) is 0 Å². The number of amides is 2. The fourth-order valence-corrected chi connectivity index (χ4v) is 4.85. The van der Waals surface area contributed by atoms with Gasteiger partial charge in [-0.3, -0.25) is 19.7 Å². The topological polar surface area (TPSA) is 106 Å². The van der Waals surface area contributed by atoms with E-state index in [0.29, 0.717) is 37.6 Å². The predicted octanol–water partition coefficient (Wildman–Crippen LogP) is 3.23. The maximum absolute atomic E-state index is 12.9. The van der Waals surface area contributed by atoms with Crippen molar-refractivity contribution in [1.82, 2.24) is 15.5 Å². The van der Waals surface area contributed by atoms with Gasteiger partial charge in [-0.05, 0) is 68.2 Å². The molecular formula is C28H33N3O6S. The molecule has 1 unspecified atom stereocenters. The van der Waals surface area contributed by atoms with E-state index >= 15 is 0 Å². The number of hydrogen-bond donors (Lipinski definition) is 2. The van der Waals surface area contributed by atoms with Crippen LogP contribution >= 0.6 is 12.2 Å². The Hall–Kier alpha value is -3.66. The van der Waals surface area contributed by atoms with Gasteiger partial charge in [0, 0.05) is 18.7 Å². The molecule has 2 N–H and O–H groups in total. The van der Waals surface area contributed by atoms with Crippen LogP contribution in [0, 0.1) is 0 Å². The molecule has 4 rings (SSSR count). The number of esters is 1. The molecule has 1 aliphatic carbocycles. The fourth-order valence-electron chi connectivity index (χ4n) is 4.54. The Kier molecular flexibility index (Phi) is 9.91. The Labute approximate surface area is 227 Å². The molecular weight excluding hydrogens is 506 g/mol. The van der Waals surface area contributed by atoms with Crippen LogP contribution in [0.25, 0.3) is 0 Å². The summed E-state index contributed by atoms with van der Waals surface area (Å²) in [6, 6.07) is 15.3. The minimum atomic E-state index is -0.841. The number of para-hydroxylation sites is 1. The van der Waals surface area contributed by atoms with Gasteiger partial charge in [0.25, 0.3) is 5.91 Å². The van der Waals surface area contributed by atoms with E-state index in [1.54, 1.807) is 29.2 Å². The summed E-state index contributed by atoms with van der Waals surface area (Å²) in [7, 11) is 0. The van der Waals surface area contributed by atoms with Gasteiger partial charge in [-0.25, -0.2) is 0 Å². The van der Waals surface area contributed by atoms with Gasteiger partial charge in [0.1, 0.15) is 36.9 Å². The van der Waals surface area contributed by atoms with E-state index in [4.69, 9.17) is 26.4 Å². The number of nitrogens with zero attached hydrogens (tertiary/aromatic N) is 1. The van der Waals surface area contributed by atoms with Gasteiger partial charge in [0.2, 0.25) is 5.91 Å². The highest BCUT2D eigenvalue weighted by Crippen LogP contribution is 2.22. The summed E-state index contributed by atoms with van der Waals surface area (Å²) in [4.78, 5) is 39.7. The molecule has 2 aromatic rings. The van der Waals surface area contributed by atoms with Crippen molar-refractivity contribution in [2.45, 2.75) is 50.7 Å². The van der Waals surface area contributed by atoms with E-state index in [9.17, 15) is 14.4 Å². The summed E-state index contributed by atoms with van der Waals surface area (Å²) in [6.07, 6.45) is 4.70. The van der Waals surface area contributed by atoms with Gasteiger partial charge in [-0.15, -0.1) is 0 Å². The van der Waals surface area contributed by atoms with Crippen LogP contribution in [0.4, 0.5) is 0 Å². The van der Waals surface area contributed by atoms with Crippen LogP contribution in [0.15, 0.2) is 54.6 Å². The summed E-state index contributed by atoms with van der Waals surface area (Å²) >= 11 is 5.47. The number of carbonyl (C=O) groups excluding carboxylic acids is 3. The molecule has 9 nitrogen and oxygen atoms in total. The van der Waals surface area contributed by atoms with Crippen LogP contribution in [0.5, 0.6) is 11.5 Å². The van der Waals surface area contributed by atoms with Crippen molar-refractivity contribution in [3.63, 3.8) is 0 Å². The monoisotopic (exact) mass is 539 g/mol. The molecule has 1 saturated heterocycles. The summed E-state index contributed by atoms with van der Waals surface area (Å²) in [5, 5.41) is 5.54. The second kappa shape index (κ2) is 13.8. The highest BCUT2D eigenvalue weighted by molar-refractivity contribution is 7.80. The van der Waals surface area contributed by atoms with Crippen molar-refractivity contribution in [1.29, 1.82) is 0 Å². The van der Waals surface area contributed by atoms with Gasteiger partial charge in [-0.1, -0.05) is 30.7 Å². The Morgan fingerprint density at radius 1 is 0.974 bits per heavy atom.